The van der Waals surface area contributed by atoms with Gasteiger partial charge < -0.3 is 9.84 Å². The molecular formula is C17H18N4O2S. The summed E-state index contributed by atoms with van der Waals surface area (Å²) in [7, 11) is 0. The zero-order chi connectivity index (χ0) is 16.4. The molecule has 3 heterocycles. The summed E-state index contributed by atoms with van der Waals surface area (Å²) in [5, 5.41) is 15.4. The van der Waals surface area contributed by atoms with E-state index in [1.807, 2.05) is 22.3 Å². The van der Waals surface area contributed by atoms with Gasteiger partial charge in [-0.15, -0.1) is 0 Å². The zero-order valence-electron chi connectivity index (χ0n) is 13.1. The molecule has 1 amide bonds. The van der Waals surface area contributed by atoms with E-state index in [9.17, 15) is 4.79 Å². The van der Waals surface area contributed by atoms with Crippen LogP contribution in [-0.4, -0.2) is 27.4 Å². The maximum atomic E-state index is 12.6. The summed E-state index contributed by atoms with van der Waals surface area (Å²) >= 11 is 1.63. The standard InChI is InChI=1S/C17H18N4O2S/c22-17(16-13-4-1-2-5-15(13)23-20-16)18-10-14(12-6-9-24-11-12)21-8-3-7-19-21/h3,6-9,11,14H,1-2,4-5,10H2,(H,18,22)/t14-/m1/s1. The topological polar surface area (TPSA) is 73.0 Å². The lowest BCUT2D eigenvalue weighted by molar-refractivity contribution is 0.0939. The third-order valence-electron chi connectivity index (χ3n) is 4.39. The van der Waals surface area contributed by atoms with E-state index < -0.39 is 0 Å². The highest BCUT2D eigenvalue weighted by molar-refractivity contribution is 7.07. The molecule has 0 aliphatic heterocycles. The van der Waals surface area contributed by atoms with Crippen LogP contribution in [-0.2, 0) is 12.8 Å². The van der Waals surface area contributed by atoms with Crippen LogP contribution < -0.4 is 5.32 Å². The lowest BCUT2D eigenvalue weighted by Crippen LogP contribution is -2.32. The number of aryl methyl sites for hydroxylation is 1. The average molecular weight is 342 g/mol. The number of hydrogen-bond acceptors (Lipinski definition) is 5. The summed E-state index contributed by atoms with van der Waals surface area (Å²) in [5.74, 6) is 0.696. The average Bonchev–Trinajstić information content (AvgIpc) is 3.36. The minimum Gasteiger partial charge on any atom is -0.360 e. The van der Waals surface area contributed by atoms with Gasteiger partial charge in [-0.1, -0.05) is 5.16 Å². The highest BCUT2D eigenvalue weighted by Gasteiger charge is 2.25. The van der Waals surface area contributed by atoms with Gasteiger partial charge >= 0.3 is 0 Å². The lowest BCUT2D eigenvalue weighted by Gasteiger charge is -2.17. The van der Waals surface area contributed by atoms with Crippen molar-refractivity contribution in [1.29, 1.82) is 0 Å². The number of thiophene rings is 1. The van der Waals surface area contributed by atoms with Gasteiger partial charge in [0, 0.05) is 30.9 Å². The quantitative estimate of drug-likeness (QED) is 0.774. The summed E-state index contributed by atoms with van der Waals surface area (Å²) in [6.45, 7) is 0.457. The Kier molecular flexibility index (Phi) is 4.17. The number of hydrogen-bond donors (Lipinski definition) is 1. The molecule has 4 rings (SSSR count). The van der Waals surface area contributed by atoms with E-state index >= 15 is 0 Å². The third kappa shape index (κ3) is 2.87. The Morgan fingerprint density at radius 1 is 1.42 bits per heavy atom. The predicted molar refractivity (Wildman–Crippen MR) is 90.2 cm³/mol. The molecule has 3 aromatic rings. The Hall–Kier alpha value is -2.41. The van der Waals surface area contributed by atoms with E-state index in [4.69, 9.17) is 4.52 Å². The van der Waals surface area contributed by atoms with Crippen LogP contribution >= 0.6 is 11.3 Å². The zero-order valence-corrected chi connectivity index (χ0v) is 14.0. The van der Waals surface area contributed by atoms with Gasteiger partial charge in [-0.3, -0.25) is 9.48 Å². The lowest BCUT2D eigenvalue weighted by atomic mass is 9.96. The Morgan fingerprint density at radius 2 is 2.33 bits per heavy atom. The molecule has 124 valence electrons. The van der Waals surface area contributed by atoms with E-state index in [0.717, 1.165) is 42.6 Å². The molecule has 1 aliphatic rings. The van der Waals surface area contributed by atoms with Crippen molar-refractivity contribution < 1.29 is 9.32 Å². The number of fused-ring (bicyclic) bond motifs is 1. The van der Waals surface area contributed by atoms with E-state index in [-0.39, 0.29) is 11.9 Å². The highest BCUT2D eigenvalue weighted by atomic mass is 32.1. The predicted octanol–water partition coefficient (Wildman–Crippen LogP) is 2.83. The summed E-state index contributed by atoms with van der Waals surface area (Å²) < 4.78 is 7.19. The van der Waals surface area contributed by atoms with Crippen molar-refractivity contribution in [1.82, 2.24) is 20.3 Å². The highest BCUT2D eigenvalue weighted by Crippen LogP contribution is 2.24. The number of carbonyl (C=O) groups is 1. The molecule has 0 saturated heterocycles. The first-order valence-corrected chi connectivity index (χ1v) is 9.04. The fourth-order valence-electron chi connectivity index (χ4n) is 3.13. The van der Waals surface area contributed by atoms with Gasteiger partial charge in [0.05, 0.1) is 6.04 Å². The summed E-state index contributed by atoms with van der Waals surface area (Å²) in [4.78, 5) is 12.6. The Bertz CT molecular complexity index is 774. The van der Waals surface area contributed by atoms with Gasteiger partial charge in [0.15, 0.2) is 5.69 Å². The summed E-state index contributed by atoms with van der Waals surface area (Å²) in [6, 6.07) is 3.91. The number of nitrogens with zero attached hydrogens (tertiary/aromatic N) is 3. The third-order valence-corrected chi connectivity index (χ3v) is 5.09. The molecule has 0 saturated carbocycles. The molecule has 0 fully saturated rings. The van der Waals surface area contributed by atoms with Gasteiger partial charge in [-0.05, 0) is 47.7 Å². The van der Waals surface area contributed by atoms with Crippen molar-refractivity contribution in [3.05, 3.63) is 57.9 Å². The Balaban J connectivity index is 1.50. The van der Waals surface area contributed by atoms with Crippen LogP contribution in [0.2, 0.25) is 0 Å². The fourth-order valence-corrected chi connectivity index (χ4v) is 3.84. The first-order chi connectivity index (χ1) is 11.8. The summed E-state index contributed by atoms with van der Waals surface area (Å²) in [6.07, 6.45) is 7.58. The molecule has 0 radical (unpaired) electrons. The molecule has 1 aliphatic carbocycles. The Labute approximate surface area is 143 Å². The molecular weight excluding hydrogens is 324 g/mol. The number of carbonyl (C=O) groups excluding carboxylic acids is 1. The Morgan fingerprint density at radius 3 is 3.12 bits per heavy atom. The number of aromatic nitrogens is 3. The van der Waals surface area contributed by atoms with Crippen LogP contribution in [0.4, 0.5) is 0 Å². The van der Waals surface area contributed by atoms with E-state index in [1.165, 1.54) is 0 Å². The van der Waals surface area contributed by atoms with Gasteiger partial charge in [-0.25, -0.2) is 0 Å². The molecule has 24 heavy (non-hydrogen) atoms. The molecule has 1 N–H and O–H groups in total. The molecule has 3 aromatic heterocycles. The number of rotatable bonds is 5. The van der Waals surface area contributed by atoms with Crippen LogP contribution in [0, 0.1) is 0 Å². The maximum Gasteiger partial charge on any atom is 0.273 e. The van der Waals surface area contributed by atoms with Crippen molar-refractivity contribution >= 4 is 17.2 Å². The number of nitrogens with one attached hydrogen (secondary N) is 1. The van der Waals surface area contributed by atoms with Crippen LogP contribution in [0.3, 0.4) is 0 Å². The number of amides is 1. The minimum absolute atomic E-state index is 0.0297. The van der Waals surface area contributed by atoms with Gasteiger partial charge in [-0.2, -0.15) is 16.4 Å². The smallest absolute Gasteiger partial charge is 0.273 e. The molecule has 6 nitrogen and oxygen atoms in total. The van der Waals surface area contributed by atoms with Crippen molar-refractivity contribution in [2.75, 3.05) is 6.54 Å². The van der Waals surface area contributed by atoms with E-state index in [1.54, 1.807) is 17.5 Å². The molecule has 0 spiro atoms. The monoisotopic (exact) mass is 342 g/mol. The molecule has 1 atom stereocenters. The van der Waals surface area contributed by atoms with Crippen LogP contribution in [0.25, 0.3) is 0 Å². The molecule has 7 heteroatoms. The second-order valence-electron chi connectivity index (χ2n) is 5.91. The largest absolute Gasteiger partial charge is 0.360 e. The van der Waals surface area contributed by atoms with Gasteiger partial charge in [0.25, 0.3) is 5.91 Å². The van der Waals surface area contributed by atoms with Crippen molar-refractivity contribution in [2.24, 2.45) is 0 Å². The van der Waals surface area contributed by atoms with Crippen molar-refractivity contribution in [3.63, 3.8) is 0 Å². The fraction of sp³-hybridized carbons (Fsp3) is 0.353. The van der Waals surface area contributed by atoms with Gasteiger partial charge in [0.1, 0.15) is 5.76 Å². The summed E-state index contributed by atoms with van der Waals surface area (Å²) in [5.41, 5.74) is 2.55. The normalized spacial score (nSPS) is 15.0. The SMILES string of the molecule is O=C(NC[C@H](c1ccsc1)n1cccn1)c1noc2c1CCCC2. The van der Waals surface area contributed by atoms with Crippen LogP contribution in [0.1, 0.15) is 46.3 Å². The minimum atomic E-state index is -0.172. The van der Waals surface area contributed by atoms with Gasteiger partial charge in [0.2, 0.25) is 0 Å². The molecule has 0 bridgehead atoms. The van der Waals surface area contributed by atoms with E-state index in [2.05, 4.69) is 27.0 Å². The van der Waals surface area contributed by atoms with Crippen molar-refractivity contribution in [3.8, 4) is 0 Å². The van der Waals surface area contributed by atoms with E-state index in [0.29, 0.717) is 12.2 Å². The molecule has 0 unspecified atom stereocenters. The first-order valence-electron chi connectivity index (χ1n) is 8.10. The van der Waals surface area contributed by atoms with Crippen molar-refractivity contribution in [2.45, 2.75) is 31.7 Å². The first kappa shape index (κ1) is 15.1. The van der Waals surface area contributed by atoms with Crippen LogP contribution in [0.5, 0.6) is 0 Å². The maximum absolute atomic E-state index is 12.6. The second-order valence-corrected chi connectivity index (χ2v) is 6.69. The second kappa shape index (κ2) is 6.60. The molecule has 0 aromatic carbocycles. The van der Waals surface area contributed by atoms with Crippen LogP contribution in [0.15, 0.2) is 39.8 Å².